The summed E-state index contributed by atoms with van der Waals surface area (Å²) in [5.74, 6) is 0.352. The molecule has 0 bridgehead atoms. The first-order valence-electron chi connectivity index (χ1n) is 10.1. The monoisotopic (exact) mass is 398 g/mol. The summed E-state index contributed by atoms with van der Waals surface area (Å²) in [4.78, 5) is 26.4. The Morgan fingerprint density at radius 1 is 1.28 bits per heavy atom. The zero-order valence-corrected chi connectivity index (χ0v) is 16.4. The maximum atomic E-state index is 12.3. The molecular formula is C22H26N2O5. The molecule has 1 unspecified atom stereocenters. The Labute approximate surface area is 169 Å². The molecule has 2 aliphatic rings. The second-order valence-electron chi connectivity index (χ2n) is 7.53. The largest absolute Gasteiger partial charge is 0.477 e. The zero-order valence-electron chi connectivity index (χ0n) is 16.4. The first kappa shape index (κ1) is 19.7. The highest BCUT2D eigenvalue weighted by Crippen LogP contribution is 2.20. The van der Waals surface area contributed by atoms with E-state index in [1.165, 1.54) is 23.5 Å². The molecule has 4 rings (SSSR count). The number of benzene rings is 1. The van der Waals surface area contributed by atoms with Crippen molar-refractivity contribution in [2.45, 2.75) is 38.5 Å². The lowest BCUT2D eigenvalue weighted by atomic mass is 10.00. The number of hydrogen-bond acceptors (Lipinski definition) is 6. The van der Waals surface area contributed by atoms with Gasteiger partial charge < -0.3 is 19.2 Å². The van der Waals surface area contributed by atoms with Gasteiger partial charge in [-0.3, -0.25) is 14.5 Å². The molecule has 7 nitrogen and oxygen atoms in total. The number of fused-ring (bicyclic) bond motifs is 1. The van der Waals surface area contributed by atoms with Crippen LogP contribution in [0.2, 0.25) is 0 Å². The van der Waals surface area contributed by atoms with Crippen LogP contribution < -0.4 is 15.5 Å². The van der Waals surface area contributed by atoms with Gasteiger partial charge in [0.15, 0.2) is 6.61 Å². The quantitative estimate of drug-likeness (QED) is 0.767. The summed E-state index contributed by atoms with van der Waals surface area (Å²) in [7, 11) is 0. The summed E-state index contributed by atoms with van der Waals surface area (Å²) in [6.07, 6.45) is 4.33. The second-order valence-corrected chi connectivity index (χ2v) is 7.53. The highest BCUT2D eigenvalue weighted by molar-refractivity contribution is 5.77. The van der Waals surface area contributed by atoms with Gasteiger partial charge >= 0.3 is 0 Å². The van der Waals surface area contributed by atoms with Gasteiger partial charge in [-0.15, -0.1) is 0 Å². The molecule has 29 heavy (non-hydrogen) atoms. The van der Waals surface area contributed by atoms with Crippen molar-refractivity contribution in [3.63, 3.8) is 0 Å². The molecule has 1 aromatic carbocycles. The van der Waals surface area contributed by atoms with Crippen LogP contribution in [0.1, 0.15) is 29.7 Å². The van der Waals surface area contributed by atoms with Gasteiger partial charge in [-0.1, -0.05) is 24.3 Å². The fourth-order valence-corrected chi connectivity index (χ4v) is 3.76. The Kier molecular flexibility index (Phi) is 6.27. The minimum Gasteiger partial charge on any atom is -0.477 e. The molecular weight excluding hydrogens is 372 g/mol. The summed E-state index contributed by atoms with van der Waals surface area (Å²) in [5, 5.41) is 2.76. The van der Waals surface area contributed by atoms with E-state index in [2.05, 4.69) is 28.4 Å². The molecule has 154 valence electrons. The van der Waals surface area contributed by atoms with Crippen molar-refractivity contribution >= 4 is 5.91 Å². The summed E-state index contributed by atoms with van der Waals surface area (Å²) in [6, 6.07) is 9.86. The molecule has 0 radical (unpaired) electrons. The molecule has 1 atom stereocenters. The van der Waals surface area contributed by atoms with Crippen LogP contribution in [0.15, 0.2) is 45.8 Å². The summed E-state index contributed by atoms with van der Waals surface area (Å²) in [6.45, 7) is 3.31. The molecule has 7 heteroatoms. The van der Waals surface area contributed by atoms with E-state index in [0.717, 1.165) is 39.0 Å². The number of hydrogen-bond donors (Lipinski definition) is 1. The SMILES string of the molecule is O=C(COc1coc(CN2CCc3ccccc3C2)cc1=O)NCC1CCCO1. The minimum atomic E-state index is -0.282. The smallest absolute Gasteiger partial charge is 0.258 e. The fraction of sp³-hybridized carbons (Fsp3) is 0.455. The zero-order chi connectivity index (χ0) is 20.1. The third-order valence-corrected chi connectivity index (χ3v) is 5.35. The number of rotatable bonds is 7. The van der Waals surface area contributed by atoms with E-state index >= 15 is 0 Å². The summed E-state index contributed by atoms with van der Waals surface area (Å²) in [5.41, 5.74) is 2.41. The number of amides is 1. The van der Waals surface area contributed by atoms with Crippen molar-refractivity contribution in [3.8, 4) is 5.75 Å². The molecule has 1 amide bonds. The van der Waals surface area contributed by atoms with Crippen molar-refractivity contribution in [2.24, 2.45) is 0 Å². The number of nitrogens with zero attached hydrogens (tertiary/aromatic N) is 1. The van der Waals surface area contributed by atoms with E-state index in [4.69, 9.17) is 13.9 Å². The number of carbonyl (C=O) groups is 1. The molecule has 0 spiro atoms. The lowest BCUT2D eigenvalue weighted by molar-refractivity contribution is -0.123. The van der Waals surface area contributed by atoms with Gasteiger partial charge in [-0.25, -0.2) is 0 Å². The van der Waals surface area contributed by atoms with E-state index in [9.17, 15) is 9.59 Å². The van der Waals surface area contributed by atoms with Crippen LogP contribution in [-0.4, -0.2) is 43.2 Å². The van der Waals surface area contributed by atoms with Gasteiger partial charge in [0.05, 0.1) is 12.6 Å². The van der Waals surface area contributed by atoms with Gasteiger partial charge in [-0.05, 0) is 30.4 Å². The highest BCUT2D eigenvalue weighted by atomic mass is 16.5. The van der Waals surface area contributed by atoms with Crippen LogP contribution in [0, 0.1) is 0 Å². The molecule has 2 aliphatic heterocycles. The number of carbonyl (C=O) groups excluding carboxylic acids is 1. The van der Waals surface area contributed by atoms with Crippen LogP contribution in [0.25, 0.3) is 0 Å². The van der Waals surface area contributed by atoms with Crippen molar-refractivity contribution in [1.82, 2.24) is 10.2 Å². The van der Waals surface area contributed by atoms with Crippen molar-refractivity contribution in [2.75, 3.05) is 26.3 Å². The standard InChI is InChI=1S/C22H26N2O5/c25-20-10-19(13-24-8-7-16-4-1-2-5-17(16)12-24)28-14-21(20)29-15-22(26)23-11-18-6-3-9-27-18/h1-2,4-5,10,14,18H,3,6-9,11-13,15H2,(H,23,26). The van der Waals surface area contributed by atoms with Gasteiger partial charge in [-0.2, -0.15) is 0 Å². The van der Waals surface area contributed by atoms with Crippen LogP contribution >= 0.6 is 0 Å². The summed E-state index contributed by atoms with van der Waals surface area (Å²) < 4.78 is 16.4. The van der Waals surface area contributed by atoms with Gasteiger partial charge in [0.2, 0.25) is 11.2 Å². The maximum absolute atomic E-state index is 12.3. The lowest BCUT2D eigenvalue weighted by Gasteiger charge is -2.28. The second kappa shape index (κ2) is 9.24. The van der Waals surface area contributed by atoms with Crippen LogP contribution in [0.3, 0.4) is 0 Å². The van der Waals surface area contributed by atoms with E-state index in [1.54, 1.807) is 0 Å². The Hall–Kier alpha value is -2.64. The predicted molar refractivity (Wildman–Crippen MR) is 107 cm³/mol. The van der Waals surface area contributed by atoms with Crippen LogP contribution in [-0.2, 0) is 29.0 Å². The molecule has 0 aliphatic carbocycles. The van der Waals surface area contributed by atoms with E-state index in [-0.39, 0.29) is 29.8 Å². The van der Waals surface area contributed by atoms with Crippen LogP contribution in [0.4, 0.5) is 0 Å². The van der Waals surface area contributed by atoms with Crippen molar-refractivity contribution in [3.05, 3.63) is 63.7 Å². The molecule has 1 aromatic heterocycles. The molecule has 1 saturated heterocycles. The van der Waals surface area contributed by atoms with Gasteiger partial charge in [0, 0.05) is 32.3 Å². The molecule has 2 aromatic rings. The van der Waals surface area contributed by atoms with Gasteiger partial charge in [0.25, 0.3) is 5.91 Å². The lowest BCUT2D eigenvalue weighted by Crippen LogP contribution is -2.35. The Balaban J connectivity index is 1.27. The molecule has 1 N–H and O–H groups in total. The Bertz CT molecular complexity index is 904. The molecule has 3 heterocycles. The highest BCUT2D eigenvalue weighted by Gasteiger charge is 2.18. The van der Waals surface area contributed by atoms with Crippen LogP contribution in [0.5, 0.6) is 5.75 Å². The topological polar surface area (TPSA) is 81.0 Å². The van der Waals surface area contributed by atoms with Gasteiger partial charge in [0.1, 0.15) is 12.0 Å². The van der Waals surface area contributed by atoms with Crippen molar-refractivity contribution in [1.29, 1.82) is 0 Å². The number of nitrogens with one attached hydrogen (secondary N) is 1. The maximum Gasteiger partial charge on any atom is 0.258 e. The summed E-state index contributed by atoms with van der Waals surface area (Å²) >= 11 is 0. The molecule has 0 saturated carbocycles. The predicted octanol–water partition coefficient (Wildman–Crippen LogP) is 1.87. The van der Waals surface area contributed by atoms with E-state index in [0.29, 0.717) is 18.8 Å². The average molecular weight is 398 g/mol. The third kappa shape index (κ3) is 5.25. The normalized spacial score (nSPS) is 19.0. The van der Waals surface area contributed by atoms with E-state index < -0.39 is 0 Å². The first-order chi connectivity index (χ1) is 14.2. The number of ether oxygens (including phenoxy) is 2. The minimum absolute atomic E-state index is 0.0463. The average Bonchev–Trinajstić information content (AvgIpc) is 3.25. The van der Waals surface area contributed by atoms with E-state index in [1.807, 2.05) is 6.07 Å². The Morgan fingerprint density at radius 2 is 2.14 bits per heavy atom. The van der Waals surface area contributed by atoms with Crippen molar-refractivity contribution < 1.29 is 18.7 Å². The third-order valence-electron chi connectivity index (χ3n) is 5.35. The molecule has 1 fully saturated rings. The fourth-order valence-electron chi connectivity index (χ4n) is 3.76. The Morgan fingerprint density at radius 3 is 2.93 bits per heavy atom. The first-order valence-corrected chi connectivity index (χ1v) is 10.1.